The van der Waals surface area contributed by atoms with Crippen molar-refractivity contribution >= 4 is 64.0 Å². The Hall–Kier alpha value is -5.91. The molecular weight excluding hydrogens is 997 g/mol. The third-order valence-electron chi connectivity index (χ3n) is 10.9. The molecule has 0 bridgehead atoms. The summed E-state index contributed by atoms with van der Waals surface area (Å²) in [6, 6.07) is 16.0. The summed E-state index contributed by atoms with van der Waals surface area (Å²) < 4.78 is 61.0. The number of carboxylic acids is 1. The molecule has 0 saturated carbocycles. The number of phosphoric ester groups is 1. The number of fused-ring (bicyclic) bond motifs is 2. The molecule has 25 nitrogen and oxygen atoms in total. The number of ether oxygens (including phenoxy) is 1. The van der Waals surface area contributed by atoms with Gasteiger partial charge in [-0.25, -0.2) is 27.9 Å². The molecule has 4 unspecified atom stereocenters. The predicted octanol–water partition coefficient (Wildman–Crippen LogP) is 2.96. The Morgan fingerprint density at radius 3 is 2.35 bits per heavy atom. The van der Waals surface area contributed by atoms with E-state index in [4.69, 9.17) is 18.9 Å². The zero-order valence-corrected chi connectivity index (χ0v) is 41.2. The topological polar surface area (TPSA) is 359 Å². The van der Waals surface area contributed by atoms with Gasteiger partial charge in [0.1, 0.15) is 37.8 Å². The van der Waals surface area contributed by atoms with Gasteiger partial charge in [-0.3, -0.25) is 28.5 Å². The summed E-state index contributed by atoms with van der Waals surface area (Å²) in [6.45, 7) is -0.724. The average Bonchev–Trinajstić information content (AvgIpc) is 3.65. The van der Waals surface area contributed by atoms with Crippen molar-refractivity contribution in [3.05, 3.63) is 110 Å². The van der Waals surface area contributed by atoms with E-state index in [2.05, 4.69) is 28.8 Å². The van der Waals surface area contributed by atoms with Crippen molar-refractivity contribution in [2.24, 2.45) is 0 Å². The van der Waals surface area contributed by atoms with Gasteiger partial charge < -0.3 is 54.5 Å². The van der Waals surface area contributed by atoms with Crippen LogP contribution in [0.25, 0.3) is 39.5 Å². The van der Waals surface area contributed by atoms with Crippen LogP contribution in [0.2, 0.25) is 0 Å². The third-order valence-corrected chi connectivity index (χ3v) is 14.7. The van der Waals surface area contributed by atoms with Crippen LogP contribution < -0.4 is 36.7 Å². The second-order valence-corrected chi connectivity index (χ2v) is 21.0. The Morgan fingerprint density at radius 1 is 0.930 bits per heavy atom. The fourth-order valence-corrected chi connectivity index (χ4v) is 10.5. The minimum atomic E-state index is -5.79. The summed E-state index contributed by atoms with van der Waals surface area (Å²) in [5.74, 6) is -1.42. The van der Waals surface area contributed by atoms with E-state index in [1.165, 1.54) is 18.2 Å². The van der Waals surface area contributed by atoms with Crippen LogP contribution >= 0.6 is 23.5 Å². The molecule has 6 rings (SSSR count). The highest BCUT2D eigenvalue weighted by Crippen LogP contribution is 2.66. The number of amides is 2. The highest BCUT2D eigenvalue weighted by atomic mass is 31.3. The second kappa shape index (κ2) is 22.7. The van der Waals surface area contributed by atoms with Crippen molar-refractivity contribution in [1.82, 2.24) is 24.8 Å². The largest absolute Gasteiger partial charge is 0.490 e. The number of aromatic nitrogens is 2. The van der Waals surface area contributed by atoms with Gasteiger partial charge in [0, 0.05) is 86.1 Å². The van der Waals surface area contributed by atoms with E-state index in [1.54, 1.807) is 12.1 Å². The van der Waals surface area contributed by atoms with E-state index in [0.29, 0.717) is 52.7 Å². The van der Waals surface area contributed by atoms with Crippen molar-refractivity contribution in [2.45, 2.75) is 50.5 Å². The van der Waals surface area contributed by atoms with Crippen LogP contribution in [0.4, 0.5) is 5.69 Å². The Kier molecular flexibility index (Phi) is 17.4. The van der Waals surface area contributed by atoms with Crippen LogP contribution in [-0.4, -0.2) is 117 Å². The van der Waals surface area contributed by atoms with E-state index in [1.807, 2.05) is 74.1 Å². The fraction of sp³-hybridized carbons (Fsp3) is 0.349. The van der Waals surface area contributed by atoms with Gasteiger partial charge in [0.25, 0.3) is 11.5 Å². The zero-order chi connectivity index (χ0) is 52.0. The molecule has 1 aliphatic carbocycles. The zero-order valence-electron chi connectivity index (χ0n) is 38.5. The van der Waals surface area contributed by atoms with E-state index < -0.39 is 71.6 Å². The van der Waals surface area contributed by atoms with Crippen LogP contribution in [0.3, 0.4) is 0 Å². The summed E-state index contributed by atoms with van der Waals surface area (Å²) in [6.07, 6.45) is 1.11. The SMILES string of the molecule is CN(C)c1ccc2c(-c3ccc(C(=O)NCCCCCC(=O)NC/C=C/c4cn(C5C[C@@H](O)C(COP(=O)(O)OP(=O)(O)OP(=O)(O)O)O5)c(=O)[nH]c4=O)cc3C(=O)O)c3ccc(=[N+](C)C)cc-3oc2c1. The molecule has 3 aromatic rings. The number of phosphoric acid groups is 3. The number of hydrogen-bond acceptors (Lipinski definition) is 15. The molecule has 5 atom stereocenters. The van der Waals surface area contributed by atoms with Crippen molar-refractivity contribution in [1.29, 1.82) is 0 Å². The quantitative estimate of drug-likeness (QED) is 0.0221. The highest BCUT2D eigenvalue weighted by molar-refractivity contribution is 7.66. The van der Waals surface area contributed by atoms with Crippen LogP contribution in [0, 0.1) is 0 Å². The molecule has 2 aromatic carbocycles. The maximum Gasteiger partial charge on any atom is 0.490 e. The second-order valence-electron chi connectivity index (χ2n) is 16.5. The maximum atomic E-state index is 13.2. The van der Waals surface area contributed by atoms with Gasteiger partial charge in [-0.05, 0) is 48.7 Å². The number of H-pyrrole nitrogens is 1. The van der Waals surface area contributed by atoms with Crippen LogP contribution in [0.1, 0.15) is 64.6 Å². The number of carbonyl (C=O) groups is 3. The lowest BCUT2D eigenvalue weighted by atomic mass is 9.89. The number of rotatable bonds is 21. The van der Waals surface area contributed by atoms with E-state index in [9.17, 15) is 57.7 Å². The van der Waals surface area contributed by atoms with Gasteiger partial charge in [-0.2, -0.15) is 8.62 Å². The maximum absolute atomic E-state index is 13.2. The van der Waals surface area contributed by atoms with E-state index >= 15 is 0 Å². The number of unbranched alkanes of at least 4 members (excludes halogenated alkanes) is 2. The number of hydrogen-bond donors (Lipinski definition) is 9. The monoisotopic (exact) mass is 1050 g/mol. The van der Waals surface area contributed by atoms with E-state index in [-0.39, 0.29) is 48.5 Å². The molecule has 382 valence electrons. The smallest absolute Gasteiger partial charge is 0.478 e. The first-order valence-corrected chi connectivity index (χ1v) is 26.1. The summed E-state index contributed by atoms with van der Waals surface area (Å²) >= 11 is 0. The fourth-order valence-electron chi connectivity index (χ4n) is 7.47. The molecule has 1 aromatic heterocycles. The van der Waals surface area contributed by atoms with Gasteiger partial charge >= 0.3 is 35.1 Å². The lowest BCUT2D eigenvalue weighted by molar-refractivity contribution is -0.121. The highest BCUT2D eigenvalue weighted by Gasteiger charge is 2.43. The molecule has 0 radical (unpaired) electrons. The molecule has 28 heteroatoms. The first-order valence-electron chi connectivity index (χ1n) is 21.6. The first kappa shape index (κ1) is 54.4. The lowest BCUT2D eigenvalue weighted by Gasteiger charge is -2.19. The number of nitrogens with one attached hydrogen (secondary N) is 3. The Morgan fingerprint density at radius 2 is 1.66 bits per heavy atom. The van der Waals surface area contributed by atoms with Crippen LogP contribution in [0.5, 0.6) is 0 Å². The minimum absolute atomic E-state index is 0.00723. The van der Waals surface area contributed by atoms with E-state index in [0.717, 1.165) is 21.8 Å². The van der Waals surface area contributed by atoms with Gasteiger partial charge in [-0.1, -0.05) is 24.6 Å². The predicted molar refractivity (Wildman–Crippen MR) is 255 cm³/mol. The summed E-state index contributed by atoms with van der Waals surface area (Å²) in [5.41, 5.74) is 1.51. The average molecular weight is 1050 g/mol. The summed E-state index contributed by atoms with van der Waals surface area (Å²) in [7, 11) is -9.31. The molecule has 71 heavy (non-hydrogen) atoms. The summed E-state index contributed by atoms with van der Waals surface area (Å²) in [5, 5.41) is 27.9. The number of carboxylic acid groups (broad SMARTS) is 1. The van der Waals surface area contributed by atoms with Crippen molar-refractivity contribution in [3.8, 4) is 22.5 Å². The molecule has 1 saturated heterocycles. The lowest BCUT2D eigenvalue weighted by Crippen LogP contribution is -2.33. The van der Waals surface area contributed by atoms with Crippen molar-refractivity contribution < 1.29 is 80.2 Å². The molecule has 1 fully saturated rings. The number of nitrogens with zero attached hydrogens (tertiary/aromatic N) is 3. The van der Waals surface area contributed by atoms with Gasteiger partial charge in [0.2, 0.25) is 11.3 Å². The molecular formula is C43H52N6O19P3+. The number of benzene rings is 3. The van der Waals surface area contributed by atoms with Crippen LogP contribution in [0.15, 0.2) is 80.9 Å². The molecule has 0 spiro atoms. The number of anilines is 1. The standard InChI is InChI=1S/C43H51N6O19P3/c1-47(2)27-12-15-30-34(20-27)65-35-21-28(48(3)4)13-16-31(35)39(30)29-14-11-25(19-32(29)42(54)55)40(52)45-17-7-5-6-10-37(51)44-18-8-9-26-23-49(43(56)46-41(26)53)38-22-33(50)36(66-38)24-64-70(60,61)68-71(62,63)67-69(57,58)59/h8-9,11-16,19-21,23,33,36,38,50H,5-7,10,17-18,22,24H2,1-4H3,(H7-,44,45,46,51,52,53,54,55,56,57,58,59,60,61,62,63)/p+1/b9-8+/t33-,36?,38?/m1/s1. The molecule has 2 amide bonds. The molecule has 3 aliphatic rings. The number of aromatic amines is 1. The first-order chi connectivity index (χ1) is 33.3. The Labute approximate surface area is 403 Å². The number of carbonyl (C=O) groups excluding carboxylic acids is 2. The van der Waals surface area contributed by atoms with Gasteiger partial charge in [0.05, 0.1) is 29.9 Å². The Bertz CT molecular complexity index is 3180. The minimum Gasteiger partial charge on any atom is -0.478 e. The molecule has 9 N–H and O–H groups in total. The third kappa shape index (κ3) is 14.4. The number of aliphatic hydroxyl groups excluding tert-OH is 1. The van der Waals surface area contributed by atoms with Gasteiger partial charge in [0.15, 0.2) is 0 Å². The molecule has 2 aliphatic heterocycles. The van der Waals surface area contributed by atoms with Crippen LogP contribution in [-0.2, 0) is 36.4 Å². The van der Waals surface area contributed by atoms with Crippen molar-refractivity contribution in [3.63, 3.8) is 0 Å². The normalized spacial score (nSPS) is 17.8. The molecule has 3 heterocycles. The van der Waals surface area contributed by atoms with Crippen molar-refractivity contribution in [2.75, 3.05) is 52.8 Å². The number of aliphatic hydroxyl groups is 1. The number of aromatic carboxylic acids is 1. The van der Waals surface area contributed by atoms with Gasteiger partial charge in [-0.15, -0.1) is 0 Å². The summed E-state index contributed by atoms with van der Waals surface area (Å²) in [4.78, 5) is 104. The Balaban J connectivity index is 0.977.